The topological polar surface area (TPSA) is 86.5 Å². The van der Waals surface area contributed by atoms with Crippen molar-refractivity contribution in [1.29, 1.82) is 0 Å². The van der Waals surface area contributed by atoms with Gasteiger partial charge >= 0.3 is 0 Å². The van der Waals surface area contributed by atoms with Crippen LogP contribution in [0.3, 0.4) is 0 Å². The fourth-order valence-electron chi connectivity index (χ4n) is 1.06. The summed E-state index contributed by atoms with van der Waals surface area (Å²) >= 11 is 0. The number of non-ortho nitro benzene ring substituents is 1. The van der Waals surface area contributed by atoms with E-state index in [0.29, 0.717) is 0 Å². The Balaban J connectivity index is 3.14. The van der Waals surface area contributed by atoms with Crippen molar-refractivity contribution in [3.05, 3.63) is 34.4 Å². The molecule has 0 N–H and O–H groups in total. The van der Waals surface area contributed by atoms with Gasteiger partial charge in [-0.1, -0.05) is 6.07 Å². The second kappa shape index (κ2) is 4.58. The van der Waals surface area contributed by atoms with E-state index < -0.39 is 21.1 Å². The van der Waals surface area contributed by atoms with E-state index in [4.69, 9.17) is 4.18 Å². The largest absolute Gasteiger partial charge is 0.297 e. The Bertz CT molecular complexity index is 494. The molecule has 1 aromatic carbocycles. The van der Waals surface area contributed by atoms with Crippen molar-refractivity contribution in [1.82, 2.24) is 0 Å². The molecule has 0 aliphatic heterocycles. The number of nitro groups is 1. The Morgan fingerprint density at radius 1 is 1.38 bits per heavy atom. The summed E-state index contributed by atoms with van der Waals surface area (Å²) in [7, 11) is -3.92. The van der Waals surface area contributed by atoms with E-state index in [1.54, 1.807) is 13.8 Å². The lowest BCUT2D eigenvalue weighted by molar-refractivity contribution is -0.385. The first-order valence-corrected chi connectivity index (χ1v) is 5.91. The second-order valence-corrected chi connectivity index (χ2v) is 4.93. The molecule has 1 rings (SSSR count). The second-order valence-electron chi connectivity index (χ2n) is 3.35. The molecule has 0 aliphatic carbocycles. The molecule has 0 aliphatic rings. The van der Waals surface area contributed by atoms with Crippen LogP contribution in [0.2, 0.25) is 0 Å². The minimum atomic E-state index is -3.92. The monoisotopic (exact) mass is 245 g/mol. The maximum Gasteiger partial charge on any atom is 0.297 e. The standard InChI is InChI=1S/C9H11NO5S/c1-7(2)15-16(13,14)9-5-3-4-8(6-9)10(11)12/h3-7H,1-2H3. The number of hydrogen-bond donors (Lipinski definition) is 0. The molecule has 0 bridgehead atoms. The van der Waals surface area contributed by atoms with Crippen LogP contribution in [-0.4, -0.2) is 19.4 Å². The molecule has 0 aromatic heterocycles. The first-order chi connectivity index (χ1) is 7.33. The smallest absolute Gasteiger partial charge is 0.264 e. The first-order valence-electron chi connectivity index (χ1n) is 4.50. The van der Waals surface area contributed by atoms with Crippen molar-refractivity contribution >= 4 is 15.8 Å². The Morgan fingerprint density at radius 2 is 2.00 bits per heavy atom. The molecular weight excluding hydrogens is 234 g/mol. The molecule has 7 heteroatoms. The molecule has 88 valence electrons. The lowest BCUT2D eigenvalue weighted by Gasteiger charge is -2.07. The van der Waals surface area contributed by atoms with Crippen molar-refractivity contribution in [3.8, 4) is 0 Å². The number of benzene rings is 1. The summed E-state index contributed by atoms with van der Waals surface area (Å²) in [6.07, 6.45) is -0.510. The fourth-order valence-corrected chi connectivity index (χ4v) is 2.19. The highest BCUT2D eigenvalue weighted by Gasteiger charge is 2.19. The normalized spacial score (nSPS) is 11.7. The predicted octanol–water partition coefficient (Wildman–Crippen LogP) is 1.71. The third-order valence-corrected chi connectivity index (χ3v) is 3.11. The van der Waals surface area contributed by atoms with E-state index in [2.05, 4.69) is 0 Å². The summed E-state index contributed by atoms with van der Waals surface area (Å²) in [6.45, 7) is 3.13. The molecule has 0 spiro atoms. The summed E-state index contributed by atoms with van der Waals surface area (Å²) in [6, 6.07) is 4.74. The number of hydrogen-bond acceptors (Lipinski definition) is 5. The predicted molar refractivity (Wildman–Crippen MR) is 56.5 cm³/mol. The van der Waals surface area contributed by atoms with Gasteiger partial charge < -0.3 is 0 Å². The molecule has 6 nitrogen and oxygen atoms in total. The third-order valence-electron chi connectivity index (χ3n) is 1.64. The van der Waals surface area contributed by atoms with E-state index in [9.17, 15) is 18.5 Å². The highest BCUT2D eigenvalue weighted by atomic mass is 32.2. The molecule has 0 saturated heterocycles. The molecule has 0 saturated carbocycles. The van der Waals surface area contributed by atoms with Gasteiger partial charge in [-0.25, -0.2) is 0 Å². The molecule has 0 unspecified atom stereocenters. The van der Waals surface area contributed by atoms with Crippen LogP contribution in [0, 0.1) is 10.1 Å². The summed E-state index contributed by atoms with van der Waals surface area (Å²) in [5.74, 6) is 0. The van der Waals surface area contributed by atoms with E-state index in [-0.39, 0.29) is 10.6 Å². The van der Waals surface area contributed by atoms with Crippen LogP contribution >= 0.6 is 0 Å². The fraction of sp³-hybridized carbons (Fsp3) is 0.333. The van der Waals surface area contributed by atoms with Gasteiger partial charge in [-0.05, 0) is 19.9 Å². The molecule has 0 amide bonds. The quantitative estimate of drug-likeness (QED) is 0.458. The SMILES string of the molecule is CC(C)OS(=O)(=O)c1cccc([N+](=O)[O-])c1. The zero-order chi connectivity index (χ0) is 12.3. The molecule has 0 heterocycles. The van der Waals surface area contributed by atoms with Crippen LogP contribution in [-0.2, 0) is 14.3 Å². The minimum absolute atomic E-state index is 0.213. The van der Waals surface area contributed by atoms with Gasteiger partial charge in [0.2, 0.25) is 0 Å². The summed E-state index contributed by atoms with van der Waals surface area (Å²) in [5, 5.41) is 10.5. The zero-order valence-corrected chi connectivity index (χ0v) is 9.60. The number of rotatable bonds is 4. The lowest BCUT2D eigenvalue weighted by Crippen LogP contribution is -2.12. The molecule has 0 radical (unpaired) electrons. The summed E-state index contributed by atoms with van der Waals surface area (Å²) in [5.41, 5.74) is -0.284. The van der Waals surface area contributed by atoms with Crippen LogP contribution in [0.5, 0.6) is 0 Å². The maximum absolute atomic E-state index is 11.6. The molecular formula is C9H11NO5S. The van der Waals surface area contributed by atoms with Crippen molar-refractivity contribution in [2.45, 2.75) is 24.8 Å². The highest BCUT2D eigenvalue weighted by Crippen LogP contribution is 2.19. The van der Waals surface area contributed by atoms with Gasteiger partial charge in [0.15, 0.2) is 0 Å². The van der Waals surface area contributed by atoms with E-state index >= 15 is 0 Å². The Hall–Kier alpha value is -1.47. The number of nitrogens with zero attached hydrogens (tertiary/aromatic N) is 1. The molecule has 16 heavy (non-hydrogen) atoms. The Labute approximate surface area is 93.1 Å². The van der Waals surface area contributed by atoms with Crippen molar-refractivity contribution in [2.24, 2.45) is 0 Å². The van der Waals surface area contributed by atoms with Gasteiger partial charge in [-0.3, -0.25) is 14.3 Å². The van der Waals surface area contributed by atoms with Crippen LogP contribution < -0.4 is 0 Å². The summed E-state index contributed by atoms with van der Waals surface area (Å²) in [4.78, 5) is 9.60. The van der Waals surface area contributed by atoms with Crippen molar-refractivity contribution < 1.29 is 17.5 Å². The highest BCUT2D eigenvalue weighted by molar-refractivity contribution is 7.86. The van der Waals surface area contributed by atoms with Crippen molar-refractivity contribution in [2.75, 3.05) is 0 Å². The van der Waals surface area contributed by atoms with E-state index in [1.165, 1.54) is 18.2 Å². The molecule has 0 fully saturated rings. The Kier molecular flexibility index (Phi) is 3.61. The summed E-state index contributed by atoms with van der Waals surface area (Å²) < 4.78 is 27.9. The third kappa shape index (κ3) is 3.01. The van der Waals surface area contributed by atoms with Crippen LogP contribution in [0.4, 0.5) is 5.69 Å². The Morgan fingerprint density at radius 3 is 2.50 bits per heavy atom. The van der Waals surface area contributed by atoms with E-state index in [0.717, 1.165) is 6.07 Å². The number of nitro benzene ring substituents is 1. The van der Waals surface area contributed by atoms with E-state index in [1.807, 2.05) is 0 Å². The lowest BCUT2D eigenvalue weighted by atomic mass is 10.3. The van der Waals surface area contributed by atoms with Gasteiger partial charge in [-0.15, -0.1) is 0 Å². The van der Waals surface area contributed by atoms with Crippen LogP contribution in [0.15, 0.2) is 29.2 Å². The van der Waals surface area contributed by atoms with Gasteiger partial charge in [0.25, 0.3) is 15.8 Å². The van der Waals surface area contributed by atoms with Gasteiger partial charge in [0.1, 0.15) is 4.90 Å². The maximum atomic E-state index is 11.6. The zero-order valence-electron chi connectivity index (χ0n) is 8.78. The average molecular weight is 245 g/mol. The van der Waals surface area contributed by atoms with Gasteiger partial charge in [0, 0.05) is 12.1 Å². The molecule has 1 aromatic rings. The van der Waals surface area contributed by atoms with Gasteiger partial charge in [0.05, 0.1) is 11.0 Å². The minimum Gasteiger partial charge on any atom is -0.264 e. The molecule has 0 atom stereocenters. The van der Waals surface area contributed by atoms with Crippen LogP contribution in [0.25, 0.3) is 0 Å². The van der Waals surface area contributed by atoms with Crippen molar-refractivity contribution in [3.63, 3.8) is 0 Å². The van der Waals surface area contributed by atoms with Crippen LogP contribution in [0.1, 0.15) is 13.8 Å². The average Bonchev–Trinajstić information content (AvgIpc) is 2.16. The first kappa shape index (κ1) is 12.6. The van der Waals surface area contributed by atoms with Gasteiger partial charge in [-0.2, -0.15) is 8.42 Å².